The van der Waals surface area contributed by atoms with Gasteiger partial charge >= 0.3 is 6.18 Å². The van der Waals surface area contributed by atoms with Crippen LogP contribution in [0.5, 0.6) is 5.75 Å². The van der Waals surface area contributed by atoms with Crippen LogP contribution in [0.2, 0.25) is 0 Å². The van der Waals surface area contributed by atoms with E-state index in [9.17, 15) is 13.2 Å². The van der Waals surface area contributed by atoms with Crippen LogP contribution in [-0.4, -0.2) is 13.7 Å². The lowest BCUT2D eigenvalue weighted by Gasteiger charge is -2.30. The molecule has 1 aliphatic heterocycles. The first-order chi connectivity index (χ1) is 7.52. The van der Waals surface area contributed by atoms with Crippen LogP contribution in [0.3, 0.4) is 0 Å². The van der Waals surface area contributed by atoms with Crippen LogP contribution in [0, 0.1) is 0 Å². The molecule has 96 valence electrons. The molecule has 0 saturated carbocycles. The Morgan fingerprint density at radius 3 is 2.41 bits per heavy atom. The summed E-state index contributed by atoms with van der Waals surface area (Å²) in [7, 11) is 1.36. The highest BCUT2D eigenvalue weighted by molar-refractivity contribution is 5.85. The molecule has 2 rings (SSSR count). The van der Waals surface area contributed by atoms with Gasteiger partial charge < -0.3 is 10.1 Å². The second-order valence-corrected chi connectivity index (χ2v) is 3.75. The minimum absolute atomic E-state index is 0. The molecule has 0 aromatic heterocycles. The van der Waals surface area contributed by atoms with E-state index in [1.165, 1.54) is 13.2 Å². The Morgan fingerprint density at radius 2 is 2.00 bits per heavy atom. The van der Waals surface area contributed by atoms with E-state index >= 15 is 0 Å². The standard InChI is InChI=1S/C11H12F3NO.ClH/c1-16-7-2-3-8(10-4-5-15-10)9(6-7)11(12,13)14;/h2-3,6,10,15H,4-5H2,1H3;1H/t10-;/m0./s1. The Labute approximate surface area is 104 Å². The average Bonchev–Trinajstić information content (AvgIpc) is 2.14. The zero-order valence-corrected chi connectivity index (χ0v) is 9.99. The Morgan fingerprint density at radius 1 is 1.35 bits per heavy atom. The van der Waals surface area contributed by atoms with Gasteiger partial charge in [0.1, 0.15) is 5.75 Å². The van der Waals surface area contributed by atoms with Crippen LogP contribution in [0.1, 0.15) is 23.6 Å². The SMILES string of the molecule is COc1ccc([C@@H]2CCN2)c(C(F)(F)F)c1.Cl. The third-order valence-electron chi connectivity index (χ3n) is 2.77. The fourth-order valence-corrected chi connectivity index (χ4v) is 1.77. The summed E-state index contributed by atoms with van der Waals surface area (Å²) in [6.45, 7) is 0.772. The smallest absolute Gasteiger partial charge is 0.416 e. The Bertz CT molecular complexity index is 391. The van der Waals surface area contributed by atoms with Gasteiger partial charge in [0.2, 0.25) is 0 Å². The van der Waals surface area contributed by atoms with E-state index in [1.54, 1.807) is 6.07 Å². The number of ether oxygens (including phenoxy) is 1. The molecule has 1 fully saturated rings. The number of methoxy groups -OCH3 is 1. The van der Waals surface area contributed by atoms with Gasteiger partial charge in [-0.05, 0) is 30.7 Å². The summed E-state index contributed by atoms with van der Waals surface area (Å²) in [5.41, 5.74) is -0.302. The molecule has 1 N–H and O–H groups in total. The van der Waals surface area contributed by atoms with Crippen molar-refractivity contribution in [2.75, 3.05) is 13.7 Å². The normalized spacial score (nSPS) is 19.2. The lowest BCUT2D eigenvalue weighted by atomic mass is 9.93. The summed E-state index contributed by atoms with van der Waals surface area (Å²) in [6, 6.07) is 3.92. The van der Waals surface area contributed by atoms with Gasteiger partial charge in [0.25, 0.3) is 0 Å². The third-order valence-corrected chi connectivity index (χ3v) is 2.77. The molecule has 17 heavy (non-hydrogen) atoms. The van der Waals surface area contributed by atoms with Gasteiger partial charge in [-0.2, -0.15) is 13.2 Å². The number of alkyl halides is 3. The van der Waals surface area contributed by atoms with Crippen molar-refractivity contribution < 1.29 is 17.9 Å². The zero-order valence-electron chi connectivity index (χ0n) is 9.17. The minimum Gasteiger partial charge on any atom is -0.497 e. The monoisotopic (exact) mass is 267 g/mol. The predicted octanol–water partition coefficient (Wildman–Crippen LogP) is 3.17. The van der Waals surface area contributed by atoms with Crippen LogP contribution in [0.15, 0.2) is 18.2 Å². The van der Waals surface area contributed by atoms with Gasteiger partial charge in [0.05, 0.1) is 12.7 Å². The van der Waals surface area contributed by atoms with Gasteiger partial charge in [-0.1, -0.05) is 6.07 Å². The topological polar surface area (TPSA) is 21.3 Å². The van der Waals surface area contributed by atoms with Crippen LogP contribution >= 0.6 is 12.4 Å². The molecular formula is C11H13ClF3NO. The van der Waals surface area contributed by atoms with E-state index < -0.39 is 11.7 Å². The summed E-state index contributed by atoms with van der Waals surface area (Å²) in [4.78, 5) is 0. The summed E-state index contributed by atoms with van der Waals surface area (Å²) in [5, 5.41) is 2.97. The lowest BCUT2D eigenvalue weighted by Crippen LogP contribution is -2.36. The quantitative estimate of drug-likeness (QED) is 0.889. The van der Waals surface area contributed by atoms with E-state index in [2.05, 4.69) is 5.32 Å². The molecule has 0 spiro atoms. The maximum atomic E-state index is 12.8. The Hall–Kier alpha value is -0.940. The number of benzene rings is 1. The van der Waals surface area contributed by atoms with Gasteiger partial charge in [-0.15, -0.1) is 12.4 Å². The number of hydrogen-bond donors (Lipinski definition) is 1. The molecule has 1 aliphatic rings. The molecule has 1 saturated heterocycles. The molecule has 0 bridgehead atoms. The molecule has 0 radical (unpaired) electrons. The van der Waals surface area contributed by atoms with Crippen LogP contribution in [0.25, 0.3) is 0 Å². The third kappa shape index (κ3) is 2.84. The van der Waals surface area contributed by atoms with E-state index in [4.69, 9.17) is 4.74 Å². The molecule has 1 aromatic carbocycles. The summed E-state index contributed by atoms with van der Waals surface area (Å²) >= 11 is 0. The Kier molecular flexibility index (Phi) is 4.27. The predicted molar refractivity (Wildman–Crippen MR) is 60.6 cm³/mol. The van der Waals surface area contributed by atoms with Gasteiger partial charge in [-0.25, -0.2) is 0 Å². The van der Waals surface area contributed by atoms with Crippen molar-refractivity contribution in [3.8, 4) is 5.75 Å². The fraction of sp³-hybridized carbons (Fsp3) is 0.455. The molecule has 0 aliphatic carbocycles. The fourth-order valence-electron chi connectivity index (χ4n) is 1.77. The molecule has 1 atom stereocenters. The molecule has 0 amide bonds. The van der Waals surface area contributed by atoms with Gasteiger partial charge in [0.15, 0.2) is 0 Å². The van der Waals surface area contributed by atoms with Crippen molar-refractivity contribution >= 4 is 12.4 Å². The number of nitrogens with one attached hydrogen (secondary N) is 1. The molecule has 6 heteroatoms. The number of hydrogen-bond acceptors (Lipinski definition) is 2. The second kappa shape index (κ2) is 5.14. The Balaban J connectivity index is 0.00000144. The number of halogens is 4. The van der Waals surface area contributed by atoms with Crippen molar-refractivity contribution in [3.63, 3.8) is 0 Å². The molecule has 0 unspecified atom stereocenters. The highest BCUT2D eigenvalue weighted by Crippen LogP contribution is 2.38. The number of rotatable bonds is 2. The molecular weight excluding hydrogens is 255 g/mol. The van der Waals surface area contributed by atoms with Crippen LogP contribution < -0.4 is 10.1 Å². The highest BCUT2D eigenvalue weighted by atomic mass is 35.5. The van der Waals surface area contributed by atoms with Crippen molar-refractivity contribution in [2.45, 2.75) is 18.6 Å². The van der Waals surface area contributed by atoms with E-state index in [1.807, 2.05) is 0 Å². The first-order valence-corrected chi connectivity index (χ1v) is 5.01. The average molecular weight is 268 g/mol. The zero-order chi connectivity index (χ0) is 11.8. The minimum atomic E-state index is -4.33. The van der Waals surface area contributed by atoms with Crippen molar-refractivity contribution in [2.24, 2.45) is 0 Å². The lowest BCUT2D eigenvalue weighted by molar-refractivity contribution is -0.138. The van der Waals surface area contributed by atoms with E-state index in [-0.39, 0.29) is 24.2 Å². The highest BCUT2D eigenvalue weighted by Gasteiger charge is 2.36. The van der Waals surface area contributed by atoms with Crippen molar-refractivity contribution in [1.29, 1.82) is 0 Å². The molecule has 1 aromatic rings. The summed E-state index contributed by atoms with van der Waals surface area (Å²) in [6.07, 6.45) is -3.59. The first-order valence-electron chi connectivity index (χ1n) is 5.01. The van der Waals surface area contributed by atoms with Crippen LogP contribution in [-0.2, 0) is 6.18 Å². The van der Waals surface area contributed by atoms with Gasteiger partial charge in [-0.3, -0.25) is 0 Å². The van der Waals surface area contributed by atoms with Crippen LogP contribution in [0.4, 0.5) is 13.2 Å². The molecule has 1 heterocycles. The van der Waals surface area contributed by atoms with E-state index in [0.29, 0.717) is 5.56 Å². The molecule has 2 nitrogen and oxygen atoms in total. The second-order valence-electron chi connectivity index (χ2n) is 3.75. The summed E-state index contributed by atoms with van der Waals surface area (Å²) < 4.78 is 43.2. The first kappa shape index (κ1) is 14.1. The van der Waals surface area contributed by atoms with E-state index in [0.717, 1.165) is 19.0 Å². The maximum Gasteiger partial charge on any atom is 0.416 e. The summed E-state index contributed by atoms with van der Waals surface area (Å²) in [5.74, 6) is 0.232. The van der Waals surface area contributed by atoms with Crippen molar-refractivity contribution in [3.05, 3.63) is 29.3 Å². The maximum absolute atomic E-state index is 12.8. The van der Waals surface area contributed by atoms with Crippen molar-refractivity contribution in [1.82, 2.24) is 5.32 Å². The van der Waals surface area contributed by atoms with Gasteiger partial charge in [0, 0.05) is 6.04 Å². The largest absolute Gasteiger partial charge is 0.497 e.